The third-order valence-corrected chi connectivity index (χ3v) is 4.27. The fourth-order valence-electron chi connectivity index (χ4n) is 2.96. The number of nitrogens with zero attached hydrogens (tertiary/aromatic N) is 4. The second kappa shape index (κ2) is 6.11. The third kappa shape index (κ3) is 2.79. The maximum atomic E-state index is 5.79. The minimum Gasteiger partial charge on any atom is -0.326 e. The van der Waals surface area contributed by atoms with Crippen LogP contribution in [0.4, 0.5) is 0 Å². The van der Waals surface area contributed by atoms with Crippen LogP contribution in [0, 0.1) is 13.8 Å². The molecule has 0 saturated carbocycles. The molecule has 0 fully saturated rings. The molecule has 124 valence electrons. The Bertz CT molecular complexity index is 1050. The lowest BCUT2D eigenvalue weighted by atomic mass is 10.1. The molecule has 0 bridgehead atoms. The highest BCUT2D eigenvalue weighted by Crippen LogP contribution is 2.32. The third-order valence-electron chi connectivity index (χ3n) is 4.27. The lowest BCUT2D eigenvalue weighted by Gasteiger charge is -2.06. The minimum absolute atomic E-state index is 0.491. The van der Waals surface area contributed by atoms with E-state index in [1.165, 1.54) is 5.56 Å². The van der Waals surface area contributed by atoms with Crippen molar-refractivity contribution in [2.24, 2.45) is 5.73 Å². The number of fused-ring (bicyclic) bond motifs is 1. The van der Waals surface area contributed by atoms with Gasteiger partial charge >= 0.3 is 0 Å². The van der Waals surface area contributed by atoms with Gasteiger partial charge in [-0.3, -0.25) is 4.40 Å². The maximum Gasteiger partial charge on any atom is 0.138 e. The van der Waals surface area contributed by atoms with Gasteiger partial charge in [0.25, 0.3) is 0 Å². The lowest BCUT2D eigenvalue weighted by Crippen LogP contribution is -1.98. The summed E-state index contributed by atoms with van der Waals surface area (Å²) in [5, 5.41) is 0. The van der Waals surface area contributed by atoms with Gasteiger partial charge in [0.1, 0.15) is 11.5 Å². The SMILES string of the molecule is Cc1ccc(-c2nc3cc(CN)ccn3c2-c2ccnc(C)n2)cc1. The molecule has 0 unspecified atom stereocenters. The van der Waals surface area contributed by atoms with Crippen molar-refractivity contribution in [3.05, 3.63) is 71.8 Å². The number of hydrogen-bond acceptors (Lipinski definition) is 4. The number of imidazole rings is 1. The van der Waals surface area contributed by atoms with Gasteiger partial charge in [-0.25, -0.2) is 15.0 Å². The molecule has 0 aliphatic rings. The summed E-state index contributed by atoms with van der Waals surface area (Å²) in [5.74, 6) is 0.737. The molecule has 0 aliphatic carbocycles. The number of benzene rings is 1. The van der Waals surface area contributed by atoms with Crippen LogP contribution in [0.5, 0.6) is 0 Å². The first-order valence-electron chi connectivity index (χ1n) is 8.24. The van der Waals surface area contributed by atoms with Crippen LogP contribution in [0.2, 0.25) is 0 Å². The predicted octanol–water partition coefficient (Wildman–Crippen LogP) is 3.53. The summed E-state index contributed by atoms with van der Waals surface area (Å²) < 4.78 is 2.07. The molecule has 4 rings (SSSR count). The molecule has 3 heterocycles. The Balaban J connectivity index is 2.03. The molecule has 0 aliphatic heterocycles. The number of nitrogens with two attached hydrogens (primary N) is 1. The van der Waals surface area contributed by atoms with Crippen molar-refractivity contribution < 1.29 is 0 Å². The minimum atomic E-state index is 0.491. The standard InChI is InChI=1S/C20H19N5/c1-13-3-5-16(6-4-13)19-20(17-7-9-22-14(2)23-17)25-10-8-15(12-21)11-18(25)24-19/h3-11H,12,21H2,1-2H3. The Hall–Kier alpha value is -3.05. The fourth-order valence-corrected chi connectivity index (χ4v) is 2.96. The molecule has 0 radical (unpaired) electrons. The largest absolute Gasteiger partial charge is 0.326 e. The Morgan fingerprint density at radius 3 is 2.52 bits per heavy atom. The van der Waals surface area contributed by atoms with Gasteiger partial charge in [-0.15, -0.1) is 0 Å². The monoisotopic (exact) mass is 329 g/mol. The van der Waals surface area contributed by atoms with Crippen LogP contribution in [0.15, 0.2) is 54.9 Å². The fraction of sp³-hybridized carbons (Fsp3) is 0.150. The molecule has 0 spiro atoms. The first kappa shape index (κ1) is 15.5. The number of rotatable bonds is 3. The van der Waals surface area contributed by atoms with Gasteiger partial charge < -0.3 is 5.73 Å². The molecule has 1 aromatic carbocycles. The van der Waals surface area contributed by atoms with Gasteiger partial charge in [-0.1, -0.05) is 29.8 Å². The van der Waals surface area contributed by atoms with Crippen LogP contribution >= 0.6 is 0 Å². The molecular formula is C20H19N5. The van der Waals surface area contributed by atoms with Crippen molar-refractivity contribution in [2.45, 2.75) is 20.4 Å². The van der Waals surface area contributed by atoms with Gasteiger partial charge in [0.2, 0.25) is 0 Å². The Kier molecular flexibility index (Phi) is 3.78. The van der Waals surface area contributed by atoms with Crippen LogP contribution in [0.25, 0.3) is 28.3 Å². The van der Waals surface area contributed by atoms with Crippen LogP contribution < -0.4 is 5.73 Å². The van der Waals surface area contributed by atoms with Gasteiger partial charge in [-0.05, 0) is 37.6 Å². The first-order valence-corrected chi connectivity index (χ1v) is 8.24. The highest BCUT2D eigenvalue weighted by molar-refractivity contribution is 5.80. The second-order valence-electron chi connectivity index (χ2n) is 6.13. The highest BCUT2D eigenvalue weighted by atomic mass is 15.0. The molecule has 0 atom stereocenters. The zero-order valence-corrected chi connectivity index (χ0v) is 14.3. The van der Waals surface area contributed by atoms with Crippen molar-refractivity contribution >= 4 is 5.65 Å². The van der Waals surface area contributed by atoms with Gasteiger partial charge in [-0.2, -0.15) is 0 Å². The van der Waals surface area contributed by atoms with Crippen molar-refractivity contribution in [3.63, 3.8) is 0 Å². The van der Waals surface area contributed by atoms with Gasteiger partial charge in [0, 0.05) is 24.5 Å². The van der Waals surface area contributed by atoms with E-state index in [2.05, 4.69) is 45.6 Å². The first-order chi connectivity index (χ1) is 12.2. The summed E-state index contributed by atoms with van der Waals surface area (Å²) in [6.07, 6.45) is 3.79. The van der Waals surface area contributed by atoms with Gasteiger partial charge in [0.15, 0.2) is 0 Å². The quantitative estimate of drug-likeness (QED) is 0.624. The van der Waals surface area contributed by atoms with Crippen molar-refractivity contribution in [1.29, 1.82) is 0 Å². The van der Waals surface area contributed by atoms with E-state index in [0.717, 1.165) is 39.7 Å². The highest BCUT2D eigenvalue weighted by Gasteiger charge is 2.17. The smallest absolute Gasteiger partial charge is 0.138 e. The summed E-state index contributed by atoms with van der Waals surface area (Å²) in [6, 6.07) is 14.3. The molecular weight excluding hydrogens is 310 g/mol. The lowest BCUT2D eigenvalue weighted by molar-refractivity contribution is 1.03. The molecule has 0 saturated heterocycles. The van der Waals surface area contributed by atoms with E-state index in [-0.39, 0.29) is 0 Å². The second-order valence-corrected chi connectivity index (χ2v) is 6.13. The van der Waals surface area contributed by atoms with E-state index >= 15 is 0 Å². The molecule has 5 nitrogen and oxygen atoms in total. The van der Waals surface area contributed by atoms with Crippen LogP contribution in [0.3, 0.4) is 0 Å². The predicted molar refractivity (Wildman–Crippen MR) is 99.0 cm³/mol. The van der Waals surface area contributed by atoms with Gasteiger partial charge in [0.05, 0.1) is 17.1 Å². The van der Waals surface area contributed by atoms with Crippen LogP contribution in [0.1, 0.15) is 17.0 Å². The average Bonchev–Trinajstić information content (AvgIpc) is 3.00. The van der Waals surface area contributed by atoms with E-state index in [0.29, 0.717) is 6.54 Å². The maximum absolute atomic E-state index is 5.79. The van der Waals surface area contributed by atoms with E-state index in [4.69, 9.17) is 10.7 Å². The zero-order chi connectivity index (χ0) is 17.4. The molecule has 3 aromatic heterocycles. The molecule has 0 amide bonds. The topological polar surface area (TPSA) is 69.1 Å². The van der Waals surface area contributed by atoms with E-state index in [1.807, 2.05) is 31.3 Å². The molecule has 4 aromatic rings. The number of hydrogen-bond donors (Lipinski definition) is 1. The number of aromatic nitrogens is 4. The normalized spacial score (nSPS) is 11.2. The van der Waals surface area contributed by atoms with E-state index in [1.54, 1.807) is 6.20 Å². The molecule has 5 heteroatoms. The van der Waals surface area contributed by atoms with Crippen LogP contribution in [-0.4, -0.2) is 19.4 Å². The van der Waals surface area contributed by atoms with Crippen molar-refractivity contribution in [1.82, 2.24) is 19.4 Å². The number of aryl methyl sites for hydroxylation is 2. The van der Waals surface area contributed by atoms with Crippen LogP contribution in [-0.2, 0) is 6.54 Å². The van der Waals surface area contributed by atoms with Crippen molar-refractivity contribution in [3.8, 4) is 22.6 Å². The summed E-state index contributed by atoms with van der Waals surface area (Å²) in [6.45, 7) is 4.46. The summed E-state index contributed by atoms with van der Waals surface area (Å²) in [5.41, 5.74) is 12.7. The van der Waals surface area contributed by atoms with E-state index < -0.39 is 0 Å². The summed E-state index contributed by atoms with van der Waals surface area (Å²) in [7, 11) is 0. The average molecular weight is 329 g/mol. The molecule has 25 heavy (non-hydrogen) atoms. The Morgan fingerprint density at radius 1 is 1.00 bits per heavy atom. The Morgan fingerprint density at radius 2 is 1.80 bits per heavy atom. The van der Waals surface area contributed by atoms with Crippen molar-refractivity contribution in [2.75, 3.05) is 0 Å². The number of pyridine rings is 1. The summed E-state index contributed by atoms with van der Waals surface area (Å²) >= 11 is 0. The molecule has 2 N–H and O–H groups in total. The summed E-state index contributed by atoms with van der Waals surface area (Å²) in [4.78, 5) is 13.7. The van der Waals surface area contributed by atoms with E-state index in [9.17, 15) is 0 Å². The Labute approximate surface area is 146 Å². The zero-order valence-electron chi connectivity index (χ0n) is 14.3.